The van der Waals surface area contributed by atoms with Crippen molar-refractivity contribution < 1.29 is 9.72 Å². The molecule has 0 N–H and O–H groups in total. The van der Waals surface area contributed by atoms with Gasteiger partial charge in [-0.15, -0.1) is 0 Å². The first-order valence-corrected chi connectivity index (χ1v) is 8.78. The van der Waals surface area contributed by atoms with Crippen LogP contribution in [0.15, 0.2) is 84.9 Å². The van der Waals surface area contributed by atoms with Crippen LogP contribution in [-0.2, 0) is 6.54 Å². The van der Waals surface area contributed by atoms with E-state index in [1.807, 2.05) is 60.7 Å². The third kappa shape index (κ3) is 3.50. The van der Waals surface area contributed by atoms with Gasteiger partial charge in [-0.1, -0.05) is 72.8 Å². The Labute approximate surface area is 157 Å². The molecule has 5 heteroatoms. The highest BCUT2D eigenvalue weighted by Gasteiger charge is 2.52. The summed E-state index contributed by atoms with van der Waals surface area (Å²) >= 11 is 0. The molecule has 134 valence electrons. The summed E-state index contributed by atoms with van der Waals surface area (Å²) in [5.41, 5.74) is 2.79. The molecule has 0 spiro atoms. The number of benzene rings is 3. The van der Waals surface area contributed by atoms with Gasteiger partial charge in [-0.25, -0.2) is 0 Å². The minimum atomic E-state index is -0.412. The Morgan fingerprint density at radius 3 is 2.07 bits per heavy atom. The molecular formula is C22H18N2O3. The molecule has 1 aliphatic rings. The van der Waals surface area contributed by atoms with Crippen molar-refractivity contribution in [1.82, 2.24) is 4.90 Å². The van der Waals surface area contributed by atoms with E-state index in [0.29, 0.717) is 12.1 Å². The lowest BCUT2D eigenvalue weighted by Crippen LogP contribution is -2.13. The van der Waals surface area contributed by atoms with Crippen molar-refractivity contribution in [3.8, 4) is 0 Å². The topological polar surface area (TPSA) is 63.2 Å². The summed E-state index contributed by atoms with van der Waals surface area (Å²) < 4.78 is 0. The van der Waals surface area contributed by atoms with Crippen molar-refractivity contribution >= 4 is 11.5 Å². The average molecular weight is 358 g/mol. The molecule has 3 aromatic rings. The van der Waals surface area contributed by atoms with Gasteiger partial charge in [0.1, 0.15) is 0 Å². The largest absolute Gasteiger partial charge is 0.292 e. The molecule has 1 heterocycles. The van der Waals surface area contributed by atoms with Crippen molar-refractivity contribution in [3.63, 3.8) is 0 Å². The maximum Gasteiger partial charge on any atom is 0.269 e. The van der Waals surface area contributed by atoms with E-state index in [9.17, 15) is 14.9 Å². The number of nitrogens with zero attached hydrogens (tertiary/aromatic N) is 2. The lowest BCUT2D eigenvalue weighted by molar-refractivity contribution is -0.384. The number of hydrogen-bond donors (Lipinski definition) is 0. The van der Waals surface area contributed by atoms with Crippen molar-refractivity contribution in [1.29, 1.82) is 0 Å². The monoisotopic (exact) mass is 358 g/mol. The molecule has 1 fully saturated rings. The molecule has 27 heavy (non-hydrogen) atoms. The van der Waals surface area contributed by atoms with Gasteiger partial charge in [0, 0.05) is 24.2 Å². The Morgan fingerprint density at radius 1 is 0.889 bits per heavy atom. The number of nitro benzene ring substituents is 1. The molecule has 3 aromatic carbocycles. The van der Waals surface area contributed by atoms with E-state index >= 15 is 0 Å². The maximum absolute atomic E-state index is 13.0. The highest BCUT2D eigenvalue weighted by atomic mass is 16.6. The van der Waals surface area contributed by atoms with Gasteiger partial charge in [0.05, 0.1) is 17.0 Å². The second-order valence-corrected chi connectivity index (χ2v) is 6.63. The quantitative estimate of drug-likeness (QED) is 0.283. The van der Waals surface area contributed by atoms with E-state index in [-0.39, 0.29) is 23.6 Å². The van der Waals surface area contributed by atoms with Crippen LogP contribution in [0.25, 0.3) is 0 Å². The van der Waals surface area contributed by atoms with Crippen LogP contribution in [0.2, 0.25) is 0 Å². The number of nitro groups is 1. The summed E-state index contributed by atoms with van der Waals surface area (Å²) in [4.78, 5) is 25.6. The van der Waals surface area contributed by atoms with Crippen LogP contribution < -0.4 is 0 Å². The second-order valence-electron chi connectivity index (χ2n) is 6.63. The van der Waals surface area contributed by atoms with Gasteiger partial charge in [0.25, 0.3) is 5.69 Å². The number of hydrogen-bond acceptors (Lipinski definition) is 4. The molecule has 0 aliphatic carbocycles. The van der Waals surface area contributed by atoms with Gasteiger partial charge in [0.15, 0.2) is 5.78 Å². The molecule has 5 nitrogen and oxygen atoms in total. The van der Waals surface area contributed by atoms with Gasteiger partial charge < -0.3 is 0 Å². The highest BCUT2D eigenvalue weighted by molar-refractivity contribution is 6.02. The predicted molar refractivity (Wildman–Crippen MR) is 102 cm³/mol. The van der Waals surface area contributed by atoms with E-state index in [0.717, 1.165) is 11.1 Å². The van der Waals surface area contributed by atoms with Crippen LogP contribution in [0.1, 0.15) is 27.5 Å². The minimum Gasteiger partial charge on any atom is -0.292 e. The lowest BCUT2D eigenvalue weighted by atomic mass is 10.0. The molecule has 0 bridgehead atoms. The van der Waals surface area contributed by atoms with E-state index in [1.54, 1.807) is 12.1 Å². The van der Waals surface area contributed by atoms with Gasteiger partial charge in [-0.2, -0.15) is 0 Å². The normalized spacial score (nSPS) is 20.8. The van der Waals surface area contributed by atoms with Crippen molar-refractivity contribution in [2.45, 2.75) is 18.6 Å². The predicted octanol–water partition coefficient (Wildman–Crippen LogP) is 4.40. The van der Waals surface area contributed by atoms with Crippen LogP contribution in [0, 0.1) is 10.1 Å². The van der Waals surface area contributed by atoms with E-state index in [1.165, 1.54) is 12.1 Å². The zero-order chi connectivity index (χ0) is 18.8. The molecule has 1 aliphatic heterocycles. The molecule has 4 rings (SSSR count). The third-order valence-corrected chi connectivity index (χ3v) is 4.90. The highest BCUT2D eigenvalue weighted by Crippen LogP contribution is 2.46. The second kappa shape index (κ2) is 7.13. The van der Waals surface area contributed by atoms with Crippen LogP contribution in [0.4, 0.5) is 5.69 Å². The molecule has 1 unspecified atom stereocenters. The number of Topliss-reactive ketones (excluding diaryl/α,β-unsaturated/α-hetero) is 1. The van der Waals surface area contributed by atoms with Gasteiger partial charge in [0.2, 0.25) is 0 Å². The van der Waals surface area contributed by atoms with Crippen LogP contribution in [0.5, 0.6) is 0 Å². The average Bonchev–Trinajstić information content (AvgIpc) is 3.42. The Hall–Kier alpha value is -3.31. The molecule has 0 radical (unpaired) electrons. The summed E-state index contributed by atoms with van der Waals surface area (Å²) in [5, 5.41) is 10.9. The van der Waals surface area contributed by atoms with Gasteiger partial charge in [-0.05, 0) is 11.1 Å². The first-order chi connectivity index (χ1) is 13.1. The number of carbonyl (C=O) groups is 1. The smallest absolute Gasteiger partial charge is 0.269 e. The molecule has 3 atom stereocenters. The van der Waals surface area contributed by atoms with Crippen molar-refractivity contribution in [2.24, 2.45) is 0 Å². The first kappa shape index (κ1) is 17.1. The molecule has 0 amide bonds. The Kier molecular flexibility index (Phi) is 4.52. The van der Waals surface area contributed by atoms with Crippen LogP contribution in [0.3, 0.4) is 0 Å². The lowest BCUT2D eigenvalue weighted by Gasteiger charge is -2.04. The Bertz CT molecular complexity index is 956. The summed E-state index contributed by atoms with van der Waals surface area (Å²) in [6, 6.07) is 25.4. The summed E-state index contributed by atoms with van der Waals surface area (Å²) in [5.74, 6) is 0.0786. The third-order valence-electron chi connectivity index (χ3n) is 4.90. The molecule has 1 saturated heterocycles. The number of ketones is 1. The Morgan fingerprint density at radius 2 is 1.48 bits per heavy atom. The fraction of sp³-hybridized carbons (Fsp3) is 0.136. The number of non-ortho nitro benzene ring substituents is 1. The van der Waals surface area contributed by atoms with E-state index in [2.05, 4.69) is 4.90 Å². The number of rotatable bonds is 6. The van der Waals surface area contributed by atoms with Crippen LogP contribution in [-0.4, -0.2) is 21.6 Å². The van der Waals surface area contributed by atoms with E-state index in [4.69, 9.17) is 0 Å². The molecular weight excluding hydrogens is 340 g/mol. The Balaban J connectivity index is 1.62. The van der Waals surface area contributed by atoms with Crippen molar-refractivity contribution in [2.75, 3.05) is 0 Å². The molecule has 0 saturated carbocycles. The van der Waals surface area contributed by atoms with E-state index < -0.39 is 4.92 Å². The zero-order valence-electron chi connectivity index (χ0n) is 14.6. The fourth-order valence-electron chi connectivity index (χ4n) is 3.50. The zero-order valence-corrected chi connectivity index (χ0v) is 14.6. The van der Waals surface area contributed by atoms with Crippen molar-refractivity contribution in [3.05, 3.63) is 112 Å². The standard InChI is InChI=1S/C22H18N2O3/c25-22(18-9-5-2-6-10-18)21-20(17-11-13-19(14-12-17)24(26)27)23(21)15-16-7-3-1-4-8-16/h1-14,20-21H,15H2/t20-,21-,23?/m1/s1. The minimum absolute atomic E-state index is 0.0555. The van der Waals surface area contributed by atoms with Gasteiger partial charge >= 0.3 is 0 Å². The van der Waals surface area contributed by atoms with Gasteiger partial charge in [-0.3, -0.25) is 19.8 Å². The fourth-order valence-corrected chi connectivity index (χ4v) is 3.50. The summed E-state index contributed by atoms with van der Waals surface area (Å²) in [6.07, 6.45) is 0. The first-order valence-electron chi connectivity index (χ1n) is 8.78. The number of carbonyl (C=O) groups excluding carboxylic acids is 1. The SMILES string of the molecule is O=C(c1ccccc1)[C@H]1[C@@H](c2ccc([N+](=O)[O-])cc2)N1Cc1ccccc1. The van der Waals surface area contributed by atoms with Crippen LogP contribution >= 0.6 is 0 Å². The summed E-state index contributed by atoms with van der Waals surface area (Å²) in [7, 11) is 0. The molecule has 0 aromatic heterocycles. The summed E-state index contributed by atoms with van der Waals surface area (Å²) in [6.45, 7) is 0.658. The maximum atomic E-state index is 13.0.